The van der Waals surface area contributed by atoms with Gasteiger partial charge in [-0.25, -0.2) is 9.18 Å². The summed E-state index contributed by atoms with van der Waals surface area (Å²) in [5.41, 5.74) is 1.46. The summed E-state index contributed by atoms with van der Waals surface area (Å²) in [6.45, 7) is 1.77. The first-order chi connectivity index (χ1) is 12.1. The second-order valence-corrected chi connectivity index (χ2v) is 5.28. The first-order valence-corrected chi connectivity index (χ1v) is 7.57. The summed E-state index contributed by atoms with van der Waals surface area (Å²) >= 11 is 0. The molecular formula is C18H15FN4O2. The number of tetrazole rings is 1. The van der Waals surface area contributed by atoms with Gasteiger partial charge in [-0.15, -0.1) is 5.10 Å². The van der Waals surface area contributed by atoms with Crippen molar-refractivity contribution in [3.63, 3.8) is 0 Å². The molecule has 0 N–H and O–H groups in total. The maximum Gasteiger partial charge on any atom is 0.357 e. The van der Waals surface area contributed by atoms with Crippen LogP contribution in [-0.2, 0) is 16.1 Å². The number of benzene rings is 2. The fourth-order valence-corrected chi connectivity index (χ4v) is 2.21. The largest absolute Gasteiger partial charge is 0.456 e. The molecule has 2 aromatic carbocycles. The van der Waals surface area contributed by atoms with Crippen molar-refractivity contribution in [1.29, 1.82) is 0 Å². The summed E-state index contributed by atoms with van der Waals surface area (Å²) in [5, 5.41) is 11.1. The molecule has 1 aromatic heterocycles. The van der Waals surface area contributed by atoms with E-state index in [9.17, 15) is 9.18 Å². The number of esters is 1. The molecule has 0 radical (unpaired) electrons. The first kappa shape index (κ1) is 16.5. The van der Waals surface area contributed by atoms with Crippen LogP contribution in [0.1, 0.15) is 17.0 Å². The zero-order valence-electron chi connectivity index (χ0n) is 13.5. The van der Waals surface area contributed by atoms with Crippen molar-refractivity contribution in [1.82, 2.24) is 20.2 Å². The minimum Gasteiger partial charge on any atom is -0.456 e. The maximum absolute atomic E-state index is 13.4. The van der Waals surface area contributed by atoms with Crippen molar-refractivity contribution in [2.75, 3.05) is 0 Å². The minimum atomic E-state index is -0.608. The maximum atomic E-state index is 13.4. The van der Waals surface area contributed by atoms with Gasteiger partial charge in [0, 0.05) is 0 Å². The van der Waals surface area contributed by atoms with Crippen LogP contribution in [0.5, 0.6) is 0 Å². The van der Waals surface area contributed by atoms with Gasteiger partial charge in [0.25, 0.3) is 0 Å². The fourth-order valence-electron chi connectivity index (χ4n) is 2.21. The highest BCUT2D eigenvalue weighted by molar-refractivity contribution is 6.15. The van der Waals surface area contributed by atoms with E-state index >= 15 is 0 Å². The molecule has 0 saturated heterocycles. The third-order valence-electron chi connectivity index (χ3n) is 3.43. The third-order valence-corrected chi connectivity index (χ3v) is 3.43. The van der Waals surface area contributed by atoms with Crippen LogP contribution in [0.15, 0.2) is 54.6 Å². The Morgan fingerprint density at radius 3 is 2.68 bits per heavy atom. The molecule has 0 fully saturated rings. The molecule has 3 aromatic rings. The van der Waals surface area contributed by atoms with Gasteiger partial charge in [0.05, 0.1) is 0 Å². The van der Waals surface area contributed by atoms with E-state index in [4.69, 9.17) is 4.74 Å². The van der Waals surface area contributed by atoms with Crippen LogP contribution in [0.25, 0.3) is 11.8 Å². The van der Waals surface area contributed by atoms with Crippen LogP contribution < -0.4 is 0 Å². The molecule has 3 rings (SSSR count). The van der Waals surface area contributed by atoms with Crippen LogP contribution in [0, 0.1) is 12.7 Å². The highest BCUT2D eigenvalue weighted by Gasteiger charge is 2.18. The number of halogens is 1. The standard InChI is InChI=1S/C18H15FN4O2/c1-13-20-21-22-23(13)17(11-15-8-5-9-16(19)10-15)18(24)25-12-14-6-3-2-4-7-14/h2-11H,12H2,1H3/b17-11-. The fraction of sp³-hybridized carbons (Fsp3) is 0.111. The van der Waals surface area contributed by atoms with Gasteiger partial charge in [-0.05, 0) is 46.7 Å². The highest BCUT2D eigenvalue weighted by Crippen LogP contribution is 2.15. The lowest BCUT2D eigenvalue weighted by molar-refractivity contribution is -0.138. The summed E-state index contributed by atoms with van der Waals surface area (Å²) in [5.74, 6) is -0.595. The second kappa shape index (κ2) is 7.48. The molecule has 0 aliphatic rings. The number of hydrogen-bond donors (Lipinski definition) is 0. The SMILES string of the molecule is Cc1nnnn1/C(=C\c1cccc(F)c1)C(=O)OCc1ccccc1. The van der Waals surface area contributed by atoms with Gasteiger partial charge in [-0.3, -0.25) is 0 Å². The van der Waals surface area contributed by atoms with E-state index in [1.54, 1.807) is 19.1 Å². The van der Waals surface area contributed by atoms with E-state index in [1.165, 1.54) is 22.9 Å². The number of nitrogens with zero attached hydrogens (tertiary/aromatic N) is 4. The monoisotopic (exact) mass is 338 g/mol. The van der Waals surface area contributed by atoms with E-state index in [1.807, 2.05) is 30.3 Å². The Balaban J connectivity index is 1.89. The quantitative estimate of drug-likeness (QED) is 0.528. The van der Waals surface area contributed by atoms with Gasteiger partial charge in [-0.2, -0.15) is 4.68 Å². The van der Waals surface area contributed by atoms with Crippen molar-refractivity contribution in [3.05, 3.63) is 77.4 Å². The van der Waals surface area contributed by atoms with E-state index < -0.39 is 11.8 Å². The van der Waals surface area contributed by atoms with Crippen molar-refractivity contribution < 1.29 is 13.9 Å². The summed E-state index contributed by atoms with van der Waals surface area (Å²) in [7, 11) is 0. The van der Waals surface area contributed by atoms with Gasteiger partial charge in [0.15, 0.2) is 11.5 Å². The van der Waals surface area contributed by atoms with E-state index in [0.29, 0.717) is 11.4 Å². The molecule has 0 bridgehead atoms. The Hall–Kier alpha value is -3.35. The smallest absolute Gasteiger partial charge is 0.357 e. The van der Waals surface area contributed by atoms with E-state index in [-0.39, 0.29) is 12.3 Å². The first-order valence-electron chi connectivity index (χ1n) is 7.57. The van der Waals surface area contributed by atoms with E-state index in [2.05, 4.69) is 15.5 Å². The van der Waals surface area contributed by atoms with Gasteiger partial charge in [-0.1, -0.05) is 42.5 Å². The van der Waals surface area contributed by atoms with Crippen LogP contribution in [-0.4, -0.2) is 26.2 Å². The topological polar surface area (TPSA) is 69.9 Å². The highest BCUT2D eigenvalue weighted by atomic mass is 19.1. The number of aryl methyl sites for hydroxylation is 1. The molecule has 25 heavy (non-hydrogen) atoms. The molecule has 0 amide bonds. The summed E-state index contributed by atoms with van der Waals surface area (Å²) in [6.07, 6.45) is 1.49. The van der Waals surface area contributed by atoms with Gasteiger partial charge in [0.2, 0.25) is 0 Å². The van der Waals surface area contributed by atoms with Gasteiger partial charge >= 0.3 is 5.97 Å². The molecule has 6 nitrogen and oxygen atoms in total. The zero-order chi connectivity index (χ0) is 17.6. The van der Waals surface area contributed by atoms with Crippen molar-refractivity contribution in [2.24, 2.45) is 0 Å². The molecule has 0 aliphatic carbocycles. The van der Waals surface area contributed by atoms with Gasteiger partial charge < -0.3 is 4.74 Å². The summed E-state index contributed by atoms with van der Waals surface area (Å²) in [6, 6.07) is 15.2. The molecule has 7 heteroatoms. The second-order valence-electron chi connectivity index (χ2n) is 5.28. The number of rotatable bonds is 5. The molecular weight excluding hydrogens is 323 g/mol. The molecule has 0 aliphatic heterocycles. The average Bonchev–Trinajstić information content (AvgIpc) is 3.04. The number of carbonyl (C=O) groups is 1. The number of carbonyl (C=O) groups excluding carboxylic acids is 1. The molecule has 0 saturated carbocycles. The average molecular weight is 338 g/mol. The van der Waals surface area contributed by atoms with Crippen molar-refractivity contribution >= 4 is 17.7 Å². The lowest BCUT2D eigenvalue weighted by atomic mass is 10.2. The molecule has 1 heterocycles. The summed E-state index contributed by atoms with van der Waals surface area (Å²) < 4.78 is 20.0. The minimum absolute atomic E-state index is 0.101. The van der Waals surface area contributed by atoms with Crippen LogP contribution in [0.3, 0.4) is 0 Å². The Morgan fingerprint density at radius 1 is 1.20 bits per heavy atom. The molecule has 126 valence electrons. The Labute approximate surface area is 143 Å². The predicted octanol–water partition coefficient (Wildman–Crippen LogP) is 2.86. The van der Waals surface area contributed by atoms with Crippen LogP contribution in [0.2, 0.25) is 0 Å². The Morgan fingerprint density at radius 2 is 2.00 bits per heavy atom. The number of ether oxygens (including phenoxy) is 1. The molecule has 0 atom stereocenters. The lowest BCUT2D eigenvalue weighted by Crippen LogP contribution is -2.15. The molecule has 0 spiro atoms. The third kappa shape index (κ3) is 4.14. The zero-order valence-corrected chi connectivity index (χ0v) is 13.5. The number of hydrogen-bond acceptors (Lipinski definition) is 5. The summed E-state index contributed by atoms with van der Waals surface area (Å²) in [4.78, 5) is 12.6. The Bertz CT molecular complexity index is 906. The van der Waals surface area contributed by atoms with Crippen LogP contribution in [0.4, 0.5) is 4.39 Å². The van der Waals surface area contributed by atoms with E-state index in [0.717, 1.165) is 5.56 Å². The number of aromatic nitrogens is 4. The lowest BCUT2D eigenvalue weighted by Gasteiger charge is -2.09. The van der Waals surface area contributed by atoms with Crippen LogP contribution >= 0.6 is 0 Å². The van der Waals surface area contributed by atoms with Crippen molar-refractivity contribution in [2.45, 2.75) is 13.5 Å². The normalized spacial score (nSPS) is 11.4. The Kier molecular flexibility index (Phi) is 4.94. The van der Waals surface area contributed by atoms with Crippen molar-refractivity contribution in [3.8, 4) is 0 Å². The predicted molar refractivity (Wildman–Crippen MR) is 89.4 cm³/mol. The van der Waals surface area contributed by atoms with Gasteiger partial charge in [0.1, 0.15) is 12.4 Å². The molecule has 0 unspecified atom stereocenters.